The van der Waals surface area contributed by atoms with Crippen molar-refractivity contribution in [3.8, 4) is 0 Å². The van der Waals surface area contributed by atoms with Crippen LogP contribution in [0.5, 0.6) is 0 Å². The van der Waals surface area contributed by atoms with Gasteiger partial charge in [-0.25, -0.2) is 0 Å². The number of likely N-dealkylation sites (N-methyl/N-ethyl adjacent to an activating group) is 1. The summed E-state index contributed by atoms with van der Waals surface area (Å²) < 4.78 is 0. The van der Waals surface area contributed by atoms with Crippen molar-refractivity contribution in [3.05, 3.63) is 0 Å². The lowest BCUT2D eigenvalue weighted by Crippen LogP contribution is -2.46. The zero-order chi connectivity index (χ0) is 11.3. The maximum absolute atomic E-state index is 11.7. The zero-order valence-electron chi connectivity index (χ0n) is 9.08. The van der Waals surface area contributed by atoms with Crippen LogP contribution in [0.1, 0.15) is 25.7 Å². The van der Waals surface area contributed by atoms with E-state index < -0.39 is 0 Å². The summed E-state index contributed by atoms with van der Waals surface area (Å²) in [6.07, 6.45) is 3.88. The van der Waals surface area contributed by atoms with Gasteiger partial charge in [-0.2, -0.15) is 0 Å². The fourth-order valence-electron chi connectivity index (χ4n) is 1.87. The quantitative estimate of drug-likeness (QED) is 0.583. The fraction of sp³-hybridized carbons (Fsp3) is 0.800. The normalized spacial score (nSPS) is 25.7. The highest BCUT2D eigenvalue weighted by molar-refractivity contribution is 5.86. The smallest absolute Gasteiger partial charge is 0.239 e. The van der Waals surface area contributed by atoms with Crippen LogP contribution in [0.3, 0.4) is 0 Å². The number of carbonyl (C=O) groups is 2. The van der Waals surface area contributed by atoms with Crippen molar-refractivity contribution in [1.29, 1.82) is 0 Å². The van der Waals surface area contributed by atoms with Crippen molar-refractivity contribution >= 4 is 11.8 Å². The molecule has 0 aromatic carbocycles. The van der Waals surface area contributed by atoms with Crippen LogP contribution in [0.2, 0.25) is 0 Å². The minimum atomic E-state index is -0.187. The molecule has 0 saturated heterocycles. The van der Waals surface area contributed by atoms with Crippen LogP contribution in [0.15, 0.2) is 0 Å². The van der Waals surface area contributed by atoms with Gasteiger partial charge in [-0.1, -0.05) is 12.8 Å². The van der Waals surface area contributed by atoms with Gasteiger partial charge in [0.2, 0.25) is 11.8 Å². The molecule has 4 N–H and O–H groups in total. The van der Waals surface area contributed by atoms with Crippen molar-refractivity contribution in [2.45, 2.75) is 31.7 Å². The Kier molecular flexibility index (Phi) is 4.55. The van der Waals surface area contributed by atoms with E-state index >= 15 is 0 Å². The van der Waals surface area contributed by atoms with Gasteiger partial charge < -0.3 is 16.4 Å². The molecule has 0 aliphatic heterocycles. The molecule has 5 heteroatoms. The highest BCUT2D eigenvalue weighted by Crippen LogP contribution is 2.22. The summed E-state index contributed by atoms with van der Waals surface area (Å²) in [5.41, 5.74) is 5.86. The average Bonchev–Trinajstić information content (AvgIpc) is 2.26. The van der Waals surface area contributed by atoms with Gasteiger partial charge >= 0.3 is 0 Å². The minimum Gasteiger partial charge on any atom is -0.358 e. The summed E-state index contributed by atoms with van der Waals surface area (Å²) in [6.45, 7) is 0.0402. The molecule has 2 amide bonds. The lowest BCUT2D eigenvalue weighted by atomic mass is 9.84. The van der Waals surface area contributed by atoms with Gasteiger partial charge in [0.25, 0.3) is 0 Å². The predicted molar refractivity (Wildman–Crippen MR) is 57.0 cm³/mol. The summed E-state index contributed by atoms with van der Waals surface area (Å²) in [4.78, 5) is 22.6. The minimum absolute atomic E-state index is 0.0402. The molecular formula is C10H19N3O2. The van der Waals surface area contributed by atoms with Crippen LogP contribution in [-0.4, -0.2) is 31.4 Å². The van der Waals surface area contributed by atoms with E-state index in [1.165, 1.54) is 0 Å². The molecule has 1 saturated carbocycles. The van der Waals surface area contributed by atoms with E-state index in [9.17, 15) is 9.59 Å². The first-order valence-electron chi connectivity index (χ1n) is 5.39. The Labute approximate surface area is 89.8 Å². The van der Waals surface area contributed by atoms with Gasteiger partial charge in [0, 0.05) is 13.1 Å². The summed E-state index contributed by atoms with van der Waals surface area (Å²) in [7, 11) is 1.54. The first-order valence-corrected chi connectivity index (χ1v) is 5.39. The molecule has 0 bridgehead atoms. The van der Waals surface area contributed by atoms with Gasteiger partial charge in [0.15, 0.2) is 0 Å². The molecule has 0 spiro atoms. The Balaban J connectivity index is 2.35. The highest BCUT2D eigenvalue weighted by atomic mass is 16.2. The van der Waals surface area contributed by atoms with Crippen molar-refractivity contribution in [3.63, 3.8) is 0 Å². The molecule has 2 unspecified atom stereocenters. The number of rotatable bonds is 3. The first kappa shape index (κ1) is 12.0. The largest absolute Gasteiger partial charge is 0.358 e. The van der Waals surface area contributed by atoms with E-state index in [1.807, 2.05) is 0 Å². The van der Waals surface area contributed by atoms with E-state index in [-0.39, 0.29) is 30.3 Å². The summed E-state index contributed by atoms with van der Waals surface area (Å²) in [6, 6.07) is -0.0524. The number of carbonyl (C=O) groups excluding carboxylic acids is 2. The van der Waals surface area contributed by atoms with E-state index in [0.717, 1.165) is 25.7 Å². The van der Waals surface area contributed by atoms with Gasteiger partial charge in [-0.3, -0.25) is 9.59 Å². The Morgan fingerprint density at radius 1 is 1.33 bits per heavy atom. The Hall–Kier alpha value is -1.10. The van der Waals surface area contributed by atoms with Gasteiger partial charge in [0.05, 0.1) is 12.5 Å². The van der Waals surface area contributed by atoms with Crippen LogP contribution in [0.25, 0.3) is 0 Å². The molecule has 1 aliphatic rings. The topological polar surface area (TPSA) is 84.2 Å². The maximum atomic E-state index is 11.7. The molecule has 86 valence electrons. The average molecular weight is 213 g/mol. The Morgan fingerprint density at radius 3 is 2.60 bits per heavy atom. The van der Waals surface area contributed by atoms with E-state index in [0.29, 0.717) is 0 Å². The third-order valence-corrected chi connectivity index (χ3v) is 2.86. The van der Waals surface area contributed by atoms with Crippen molar-refractivity contribution in [1.82, 2.24) is 10.6 Å². The number of nitrogens with two attached hydrogens (primary N) is 1. The molecule has 0 radical (unpaired) electrons. The van der Waals surface area contributed by atoms with Crippen molar-refractivity contribution in [2.75, 3.05) is 13.6 Å². The predicted octanol–water partition coefficient (Wildman–Crippen LogP) is -0.634. The highest BCUT2D eigenvalue weighted by Gasteiger charge is 2.28. The van der Waals surface area contributed by atoms with Crippen LogP contribution in [0.4, 0.5) is 0 Å². The van der Waals surface area contributed by atoms with Gasteiger partial charge in [0.1, 0.15) is 0 Å². The van der Waals surface area contributed by atoms with Gasteiger partial charge in [-0.05, 0) is 12.8 Å². The number of hydrogen-bond acceptors (Lipinski definition) is 3. The molecule has 1 aliphatic carbocycles. The number of hydrogen-bond donors (Lipinski definition) is 3. The molecule has 0 aromatic rings. The SMILES string of the molecule is CNC(=O)CNC(=O)C1CCCCC1N. The van der Waals surface area contributed by atoms with Crippen LogP contribution >= 0.6 is 0 Å². The first-order chi connectivity index (χ1) is 7.15. The third kappa shape index (κ3) is 3.51. The fourth-order valence-corrected chi connectivity index (χ4v) is 1.87. The van der Waals surface area contributed by atoms with Crippen LogP contribution in [-0.2, 0) is 9.59 Å². The molecule has 2 atom stereocenters. The van der Waals surface area contributed by atoms with E-state index in [4.69, 9.17) is 5.73 Å². The van der Waals surface area contributed by atoms with E-state index in [2.05, 4.69) is 10.6 Å². The summed E-state index contributed by atoms with van der Waals surface area (Å²) in [5, 5.41) is 5.05. The second-order valence-corrected chi connectivity index (χ2v) is 3.95. The molecule has 0 heterocycles. The van der Waals surface area contributed by atoms with Crippen LogP contribution < -0.4 is 16.4 Å². The second-order valence-electron chi connectivity index (χ2n) is 3.95. The molecule has 1 fully saturated rings. The zero-order valence-corrected chi connectivity index (χ0v) is 9.08. The van der Waals surface area contributed by atoms with Crippen LogP contribution in [0, 0.1) is 5.92 Å². The lowest BCUT2D eigenvalue weighted by Gasteiger charge is -2.27. The number of amides is 2. The molecule has 0 aromatic heterocycles. The van der Waals surface area contributed by atoms with Crippen molar-refractivity contribution < 1.29 is 9.59 Å². The molecular weight excluding hydrogens is 194 g/mol. The van der Waals surface area contributed by atoms with Crippen molar-refractivity contribution in [2.24, 2.45) is 11.7 Å². The maximum Gasteiger partial charge on any atom is 0.239 e. The third-order valence-electron chi connectivity index (χ3n) is 2.86. The molecule has 1 rings (SSSR count). The molecule has 5 nitrogen and oxygen atoms in total. The summed E-state index contributed by atoms with van der Waals surface area (Å²) >= 11 is 0. The monoisotopic (exact) mass is 213 g/mol. The molecule has 15 heavy (non-hydrogen) atoms. The Morgan fingerprint density at radius 2 is 2.00 bits per heavy atom. The van der Waals surface area contributed by atoms with Gasteiger partial charge in [-0.15, -0.1) is 0 Å². The Bertz CT molecular complexity index is 243. The standard InChI is InChI=1S/C10H19N3O2/c1-12-9(14)6-13-10(15)7-4-2-3-5-8(7)11/h7-8H,2-6,11H2,1H3,(H,12,14)(H,13,15). The lowest BCUT2D eigenvalue weighted by molar-refractivity contribution is -0.129. The second kappa shape index (κ2) is 5.70. The van der Waals surface area contributed by atoms with E-state index in [1.54, 1.807) is 7.05 Å². The number of nitrogens with one attached hydrogen (secondary N) is 2. The summed E-state index contributed by atoms with van der Waals surface area (Å²) in [5.74, 6) is -0.401.